The summed E-state index contributed by atoms with van der Waals surface area (Å²) in [5.74, 6) is 12.0. The Morgan fingerprint density at radius 3 is 1.78 bits per heavy atom. The molecule has 1 N–H and O–H groups in total. The van der Waals surface area contributed by atoms with E-state index in [2.05, 4.69) is 39.0 Å². The lowest BCUT2D eigenvalue weighted by atomic mass is 9.98. The van der Waals surface area contributed by atoms with Gasteiger partial charge in [-0.2, -0.15) is 0 Å². The van der Waals surface area contributed by atoms with Crippen molar-refractivity contribution in [1.82, 2.24) is 15.3 Å². The largest absolute Gasteiger partial charge is 0.487 e. The van der Waals surface area contributed by atoms with E-state index in [0.717, 1.165) is 11.1 Å². The number of carbonyl (C=O) groups excluding carboxylic acids is 2. The van der Waals surface area contributed by atoms with Gasteiger partial charge in [0.15, 0.2) is 5.75 Å². The Bertz CT molecular complexity index is 1530. The quantitative estimate of drug-likeness (QED) is 0.266. The summed E-state index contributed by atoms with van der Waals surface area (Å²) in [6.45, 7) is 5.58. The van der Waals surface area contributed by atoms with Crippen molar-refractivity contribution in [3.8, 4) is 29.4 Å². The Balaban J connectivity index is 1.48. The molecule has 0 saturated heterocycles. The number of aromatic nitrogens is 2. The number of benzene rings is 1. The standard InChI is InChI=1S/C33H29N3O5/c1-4-39-32(37)29-22-30(24(3)36-23(29)2)33(38)41-21-20-40-31-27(10-8-25-12-16-34-17-13-25)6-5-7-28(31)11-9-26-14-18-35-19-15-26/h5-7,12-19,36H,4,20-22H2,1-3H3. The van der Waals surface area contributed by atoms with Crippen molar-refractivity contribution in [2.75, 3.05) is 19.8 Å². The summed E-state index contributed by atoms with van der Waals surface area (Å²) in [5.41, 5.74) is 4.96. The van der Waals surface area contributed by atoms with E-state index in [0.29, 0.717) is 39.4 Å². The molecule has 3 aromatic rings. The number of ether oxygens (including phenoxy) is 3. The second-order valence-electron chi connectivity index (χ2n) is 8.87. The summed E-state index contributed by atoms with van der Waals surface area (Å²) in [6, 6.07) is 12.8. The zero-order valence-corrected chi connectivity index (χ0v) is 23.1. The molecule has 1 aromatic carbocycles. The monoisotopic (exact) mass is 547 g/mol. The van der Waals surface area contributed by atoms with Crippen molar-refractivity contribution in [2.45, 2.75) is 27.2 Å². The Morgan fingerprint density at radius 2 is 1.27 bits per heavy atom. The minimum atomic E-state index is -0.531. The van der Waals surface area contributed by atoms with Gasteiger partial charge in [-0.25, -0.2) is 9.59 Å². The van der Waals surface area contributed by atoms with Gasteiger partial charge in [0.2, 0.25) is 0 Å². The van der Waals surface area contributed by atoms with Crippen molar-refractivity contribution >= 4 is 11.9 Å². The van der Waals surface area contributed by atoms with E-state index in [-0.39, 0.29) is 26.2 Å². The fraction of sp³-hybridized carbons (Fsp3) is 0.212. The number of dihydropyridines is 1. The lowest BCUT2D eigenvalue weighted by molar-refractivity contribution is -0.140. The zero-order chi connectivity index (χ0) is 29.0. The number of hydrogen-bond acceptors (Lipinski definition) is 8. The molecular weight excluding hydrogens is 518 g/mol. The minimum absolute atomic E-state index is 0.0175. The molecule has 0 amide bonds. The van der Waals surface area contributed by atoms with Crippen LogP contribution in [-0.4, -0.2) is 41.7 Å². The van der Waals surface area contributed by atoms with Gasteiger partial charge < -0.3 is 19.5 Å². The molecule has 41 heavy (non-hydrogen) atoms. The molecule has 0 saturated carbocycles. The number of allylic oxidation sites excluding steroid dienone is 2. The molecule has 1 aliphatic heterocycles. The highest BCUT2D eigenvalue weighted by molar-refractivity contribution is 5.96. The Morgan fingerprint density at radius 1 is 0.756 bits per heavy atom. The number of rotatable bonds is 7. The molecule has 0 atom stereocenters. The summed E-state index contributed by atoms with van der Waals surface area (Å²) in [7, 11) is 0. The molecule has 0 radical (unpaired) electrons. The van der Waals surface area contributed by atoms with Crippen molar-refractivity contribution in [3.63, 3.8) is 0 Å². The van der Waals surface area contributed by atoms with Crippen LogP contribution in [0, 0.1) is 23.7 Å². The molecule has 1 aliphatic rings. The first kappa shape index (κ1) is 28.7. The smallest absolute Gasteiger partial charge is 0.336 e. The highest BCUT2D eigenvalue weighted by atomic mass is 16.6. The van der Waals surface area contributed by atoms with Crippen molar-refractivity contribution in [3.05, 3.63) is 112 Å². The normalized spacial score (nSPS) is 12.3. The predicted octanol–water partition coefficient (Wildman–Crippen LogP) is 4.30. The Kier molecular flexibility index (Phi) is 9.90. The van der Waals surface area contributed by atoms with Crippen molar-refractivity contribution in [1.29, 1.82) is 0 Å². The molecule has 0 unspecified atom stereocenters. The third-order valence-corrected chi connectivity index (χ3v) is 6.02. The molecule has 8 nitrogen and oxygen atoms in total. The van der Waals surface area contributed by atoms with Gasteiger partial charge in [0.05, 0.1) is 28.9 Å². The van der Waals surface area contributed by atoms with E-state index in [1.54, 1.807) is 45.6 Å². The summed E-state index contributed by atoms with van der Waals surface area (Å²) in [6.07, 6.45) is 6.85. The molecule has 0 bridgehead atoms. The highest BCUT2D eigenvalue weighted by Gasteiger charge is 2.26. The zero-order valence-electron chi connectivity index (χ0n) is 23.1. The van der Waals surface area contributed by atoms with E-state index < -0.39 is 11.9 Å². The number of esters is 2. The number of nitrogens with zero attached hydrogens (tertiary/aromatic N) is 2. The summed E-state index contributed by atoms with van der Waals surface area (Å²) < 4.78 is 16.7. The fourth-order valence-electron chi connectivity index (χ4n) is 3.95. The van der Waals surface area contributed by atoms with Crippen molar-refractivity contribution in [2.24, 2.45) is 0 Å². The van der Waals surface area contributed by atoms with Crippen LogP contribution < -0.4 is 10.1 Å². The molecule has 2 aromatic heterocycles. The van der Waals surface area contributed by atoms with E-state index in [1.165, 1.54) is 0 Å². The third kappa shape index (κ3) is 7.84. The van der Waals surface area contributed by atoms with E-state index in [9.17, 15) is 9.59 Å². The lowest BCUT2D eigenvalue weighted by Gasteiger charge is -2.22. The van der Waals surface area contributed by atoms with Crippen LogP contribution in [-0.2, 0) is 19.1 Å². The Hall–Kier alpha value is -5.34. The van der Waals surface area contributed by atoms with Crippen LogP contribution in [0.2, 0.25) is 0 Å². The first-order chi connectivity index (χ1) is 20.0. The Labute approximate surface area is 239 Å². The fourth-order valence-corrected chi connectivity index (χ4v) is 3.95. The van der Waals surface area contributed by atoms with Crippen LogP contribution >= 0.6 is 0 Å². The molecule has 4 rings (SSSR count). The molecule has 8 heteroatoms. The van der Waals surface area contributed by atoms with Crippen LogP contribution in [0.15, 0.2) is 89.8 Å². The van der Waals surface area contributed by atoms with Gasteiger partial charge in [0.1, 0.15) is 13.2 Å². The van der Waals surface area contributed by atoms with Crippen LogP contribution in [0.3, 0.4) is 0 Å². The van der Waals surface area contributed by atoms with Gasteiger partial charge in [-0.3, -0.25) is 9.97 Å². The number of para-hydroxylation sites is 1. The summed E-state index contributed by atoms with van der Waals surface area (Å²) in [4.78, 5) is 33.3. The average Bonchev–Trinajstić information content (AvgIpc) is 2.98. The topological polar surface area (TPSA) is 99.6 Å². The first-order valence-electron chi connectivity index (χ1n) is 13.1. The number of hydrogen-bond donors (Lipinski definition) is 1. The van der Waals surface area contributed by atoms with Gasteiger partial charge in [-0.1, -0.05) is 29.7 Å². The van der Waals surface area contributed by atoms with E-state index in [4.69, 9.17) is 14.2 Å². The van der Waals surface area contributed by atoms with Gasteiger partial charge in [-0.15, -0.1) is 0 Å². The van der Waals surface area contributed by atoms with Crippen LogP contribution in [0.1, 0.15) is 49.4 Å². The molecular formula is C33H29N3O5. The van der Waals surface area contributed by atoms with Crippen LogP contribution in [0.5, 0.6) is 5.75 Å². The van der Waals surface area contributed by atoms with Crippen LogP contribution in [0.4, 0.5) is 0 Å². The molecule has 206 valence electrons. The SMILES string of the molecule is CCOC(=O)C1=C(C)NC(C)=C(C(=O)OCCOc2c(C#Cc3ccncc3)cccc2C#Cc2ccncc2)C1. The first-order valence-corrected chi connectivity index (χ1v) is 13.1. The molecule has 0 fully saturated rings. The predicted molar refractivity (Wildman–Crippen MR) is 153 cm³/mol. The molecule has 0 spiro atoms. The van der Waals surface area contributed by atoms with Gasteiger partial charge in [-0.05, 0) is 57.2 Å². The molecule has 0 aliphatic carbocycles. The summed E-state index contributed by atoms with van der Waals surface area (Å²) in [5, 5.41) is 3.07. The van der Waals surface area contributed by atoms with E-state index in [1.807, 2.05) is 42.5 Å². The third-order valence-electron chi connectivity index (χ3n) is 6.02. The second-order valence-corrected chi connectivity index (χ2v) is 8.87. The lowest BCUT2D eigenvalue weighted by Crippen LogP contribution is -2.27. The van der Waals surface area contributed by atoms with Crippen LogP contribution in [0.25, 0.3) is 0 Å². The summed E-state index contributed by atoms with van der Waals surface area (Å²) >= 11 is 0. The highest BCUT2D eigenvalue weighted by Crippen LogP contribution is 2.26. The maximum absolute atomic E-state index is 12.9. The number of pyridine rings is 2. The van der Waals surface area contributed by atoms with Crippen molar-refractivity contribution < 1.29 is 23.8 Å². The minimum Gasteiger partial charge on any atom is -0.487 e. The number of carbonyl (C=O) groups is 2. The maximum atomic E-state index is 12.9. The van der Waals surface area contributed by atoms with Gasteiger partial charge >= 0.3 is 11.9 Å². The second kappa shape index (κ2) is 14.2. The van der Waals surface area contributed by atoms with E-state index >= 15 is 0 Å². The average molecular weight is 548 g/mol. The van der Waals surface area contributed by atoms with Gasteiger partial charge in [0.25, 0.3) is 0 Å². The number of nitrogens with one attached hydrogen (secondary N) is 1. The molecule has 3 heterocycles. The van der Waals surface area contributed by atoms with Gasteiger partial charge in [0, 0.05) is 53.7 Å². The maximum Gasteiger partial charge on any atom is 0.336 e.